The Labute approximate surface area is 162 Å². The first-order valence-electron chi connectivity index (χ1n) is 10.3. The zero-order valence-electron chi connectivity index (χ0n) is 16.1. The Kier molecular flexibility index (Phi) is 6.05. The largest absolute Gasteiger partial charge is 0.367 e. The molecule has 3 nitrogen and oxygen atoms in total. The van der Waals surface area contributed by atoms with Gasteiger partial charge in [-0.3, -0.25) is 4.90 Å². The van der Waals surface area contributed by atoms with Gasteiger partial charge in [-0.05, 0) is 50.0 Å². The molecule has 2 fully saturated rings. The Morgan fingerprint density at radius 2 is 1.44 bits per heavy atom. The lowest BCUT2D eigenvalue weighted by Gasteiger charge is -2.43. The van der Waals surface area contributed by atoms with Crippen molar-refractivity contribution in [1.29, 1.82) is 0 Å². The van der Waals surface area contributed by atoms with Gasteiger partial charge in [0, 0.05) is 38.8 Å². The van der Waals surface area contributed by atoms with Crippen LogP contribution < -0.4 is 4.90 Å². The van der Waals surface area contributed by atoms with E-state index in [1.54, 1.807) is 12.1 Å². The van der Waals surface area contributed by atoms with Crippen molar-refractivity contribution in [2.24, 2.45) is 0 Å². The fourth-order valence-corrected chi connectivity index (χ4v) is 4.48. The van der Waals surface area contributed by atoms with Gasteiger partial charge in [-0.1, -0.05) is 42.5 Å². The van der Waals surface area contributed by atoms with Crippen molar-refractivity contribution in [2.45, 2.75) is 25.3 Å². The lowest BCUT2D eigenvalue weighted by molar-refractivity contribution is 0.104. The first-order valence-corrected chi connectivity index (χ1v) is 10.3. The number of halogens is 1. The topological polar surface area (TPSA) is 9.72 Å². The van der Waals surface area contributed by atoms with Gasteiger partial charge in [0.15, 0.2) is 0 Å². The second-order valence-corrected chi connectivity index (χ2v) is 7.78. The summed E-state index contributed by atoms with van der Waals surface area (Å²) in [7, 11) is 0. The summed E-state index contributed by atoms with van der Waals surface area (Å²) in [6, 6.07) is 18.6. The fraction of sp³-hybridized carbons (Fsp3) is 0.478. The molecule has 2 saturated heterocycles. The highest BCUT2D eigenvalue weighted by molar-refractivity contribution is 5.48. The van der Waals surface area contributed by atoms with E-state index in [0.29, 0.717) is 6.04 Å². The number of likely N-dealkylation sites (tertiary alicyclic amines) is 1. The van der Waals surface area contributed by atoms with Crippen molar-refractivity contribution < 1.29 is 4.39 Å². The summed E-state index contributed by atoms with van der Waals surface area (Å²) in [6.07, 6.45) is 3.66. The molecule has 2 aromatic rings. The molecule has 0 N–H and O–H groups in total. The second-order valence-electron chi connectivity index (χ2n) is 7.78. The number of piperazine rings is 1. The molecule has 144 valence electrons. The Morgan fingerprint density at radius 3 is 2.15 bits per heavy atom. The molecule has 0 bridgehead atoms. The van der Waals surface area contributed by atoms with E-state index < -0.39 is 0 Å². The zero-order chi connectivity index (χ0) is 18.5. The van der Waals surface area contributed by atoms with Crippen LogP contribution in [0.2, 0.25) is 0 Å². The van der Waals surface area contributed by atoms with Crippen molar-refractivity contribution in [3.05, 3.63) is 66.0 Å². The fourth-order valence-electron chi connectivity index (χ4n) is 4.48. The third-order valence-electron chi connectivity index (χ3n) is 6.14. The van der Waals surface area contributed by atoms with Gasteiger partial charge in [0.05, 0.1) is 5.69 Å². The Hall–Kier alpha value is -1.91. The molecule has 4 heteroatoms. The van der Waals surface area contributed by atoms with Gasteiger partial charge in [-0.15, -0.1) is 0 Å². The highest BCUT2D eigenvalue weighted by Crippen LogP contribution is 2.23. The van der Waals surface area contributed by atoms with Gasteiger partial charge < -0.3 is 9.80 Å². The van der Waals surface area contributed by atoms with Crippen LogP contribution in [0.1, 0.15) is 18.4 Å². The van der Waals surface area contributed by atoms with Crippen LogP contribution in [0, 0.1) is 5.82 Å². The van der Waals surface area contributed by atoms with Crippen molar-refractivity contribution in [1.82, 2.24) is 9.80 Å². The minimum Gasteiger partial charge on any atom is -0.367 e. The Bertz CT molecular complexity index is 705. The summed E-state index contributed by atoms with van der Waals surface area (Å²) in [4.78, 5) is 7.44. The summed E-state index contributed by atoms with van der Waals surface area (Å²) in [5.41, 5.74) is 2.19. The molecular formula is C23H30FN3. The van der Waals surface area contributed by atoms with Crippen molar-refractivity contribution >= 4 is 5.69 Å². The van der Waals surface area contributed by atoms with Crippen LogP contribution in [0.15, 0.2) is 54.6 Å². The lowest BCUT2D eigenvalue weighted by Crippen LogP contribution is -2.53. The molecule has 2 heterocycles. The SMILES string of the molecule is Fc1ccccc1N1CCN(C2CCN(CCc3ccccc3)CC2)CC1. The number of nitrogens with zero attached hydrogens (tertiary/aromatic N) is 3. The molecule has 0 aliphatic carbocycles. The van der Waals surface area contributed by atoms with Crippen LogP contribution in [0.5, 0.6) is 0 Å². The van der Waals surface area contributed by atoms with Crippen LogP contribution in [0.4, 0.5) is 10.1 Å². The smallest absolute Gasteiger partial charge is 0.146 e. The monoisotopic (exact) mass is 367 g/mol. The summed E-state index contributed by atoms with van der Waals surface area (Å²) < 4.78 is 14.0. The summed E-state index contributed by atoms with van der Waals surface area (Å²) in [6.45, 7) is 7.50. The van der Waals surface area contributed by atoms with Gasteiger partial charge in [0.25, 0.3) is 0 Å². The predicted octanol–water partition coefficient (Wildman–Crippen LogP) is 3.65. The average Bonchev–Trinajstić information content (AvgIpc) is 2.74. The van der Waals surface area contributed by atoms with E-state index >= 15 is 0 Å². The zero-order valence-corrected chi connectivity index (χ0v) is 16.1. The van der Waals surface area contributed by atoms with E-state index in [4.69, 9.17) is 0 Å². The second kappa shape index (κ2) is 8.85. The van der Waals surface area contributed by atoms with E-state index in [1.165, 1.54) is 31.5 Å². The molecule has 0 atom stereocenters. The van der Waals surface area contributed by atoms with Gasteiger partial charge in [-0.25, -0.2) is 4.39 Å². The summed E-state index contributed by atoms with van der Waals surface area (Å²) >= 11 is 0. The van der Waals surface area contributed by atoms with E-state index in [-0.39, 0.29) is 5.82 Å². The quantitative estimate of drug-likeness (QED) is 0.799. The minimum atomic E-state index is -0.0994. The maximum atomic E-state index is 14.0. The summed E-state index contributed by atoms with van der Waals surface area (Å²) in [5.74, 6) is -0.0994. The van der Waals surface area contributed by atoms with E-state index in [2.05, 4.69) is 45.0 Å². The Balaban J connectivity index is 1.21. The van der Waals surface area contributed by atoms with Crippen LogP contribution in [-0.2, 0) is 6.42 Å². The van der Waals surface area contributed by atoms with Gasteiger partial charge in [-0.2, -0.15) is 0 Å². The van der Waals surface area contributed by atoms with Gasteiger partial charge in [0.2, 0.25) is 0 Å². The van der Waals surface area contributed by atoms with E-state index in [0.717, 1.165) is 44.8 Å². The van der Waals surface area contributed by atoms with E-state index in [9.17, 15) is 4.39 Å². The molecule has 0 radical (unpaired) electrons. The number of hydrogen-bond donors (Lipinski definition) is 0. The molecule has 0 unspecified atom stereocenters. The van der Waals surface area contributed by atoms with Crippen molar-refractivity contribution in [3.8, 4) is 0 Å². The van der Waals surface area contributed by atoms with Crippen LogP contribution in [-0.4, -0.2) is 61.7 Å². The molecule has 2 aliphatic heterocycles. The molecule has 27 heavy (non-hydrogen) atoms. The molecular weight excluding hydrogens is 337 g/mol. The number of benzene rings is 2. The maximum Gasteiger partial charge on any atom is 0.146 e. The number of rotatable bonds is 5. The normalized spacial score (nSPS) is 20.1. The molecule has 0 saturated carbocycles. The van der Waals surface area contributed by atoms with Crippen LogP contribution in [0.25, 0.3) is 0 Å². The number of anilines is 1. The average molecular weight is 368 g/mol. The standard InChI is InChI=1S/C23H30FN3/c24-22-8-4-5-9-23(22)27-18-16-26(17-19-27)21-11-14-25(15-12-21)13-10-20-6-2-1-3-7-20/h1-9,21H,10-19H2. The highest BCUT2D eigenvalue weighted by Gasteiger charge is 2.27. The third-order valence-corrected chi connectivity index (χ3v) is 6.14. The predicted molar refractivity (Wildman–Crippen MR) is 110 cm³/mol. The number of hydrogen-bond acceptors (Lipinski definition) is 3. The molecule has 0 amide bonds. The molecule has 2 aromatic carbocycles. The number of piperidine rings is 1. The first-order chi connectivity index (χ1) is 13.3. The van der Waals surface area contributed by atoms with Crippen LogP contribution >= 0.6 is 0 Å². The Morgan fingerprint density at radius 1 is 0.778 bits per heavy atom. The molecule has 4 rings (SSSR count). The van der Waals surface area contributed by atoms with Gasteiger partial charge in [0.1, 0.15) is 5.82 Å². The lowest BCUT2D eigenvalue weighted by atomic mass is 10.0. The first kappa shape index (κ1) is 18.5. The minimum absolute atomic E-state index is 0.0994. The van der Waals surface area contributed by atoms with Gasteiger partial charge >= 0.3 is 0 Å². The van der Waals surface area contributed by atoms with Crippen molar-refractivity contribution in [3.63, 3.8) is 0 Å². The van der Waals surface area contributed by atoms with Crippen molar-refractivity contribution in [2.75, 3.05) is 50.7 Å². The molecule has 2 aliphatic rings. The van der Waals surface area contributed by atoms with E-state index in [1.807, 2.05) is 12.1 Å². The third kappa shape index (κ3) is 4.69. The number of para-hydroxylation sites is 1. The molecule has 0 aromatic heterocycles. The maximum absolute atomic E-state index is 14.0. The van der Waals surface area contributed by atoms with Crippen LogP contribution in [0.3, 0.4) is 0 Å². The summed E-state index contributed by atoms with van der Waals surface area (Å²) in [5, 5.41) is 0. The highest BCUT2D eigenvalue weighted by atomic mass is 19.1. The molecule has 0 spiro atoms.